The molecule has 34 heavy (non-hydrogen) atoms. The molecule has 2 aliphatic carbocycles. The molecule has 3 aromatic rings. The van der Waals surface area contributed by atoms with Gasteiger partial charge in [0.1, 0.15) is 0 Å². The van der Waals surface area contributed by atoms with Crippen LogP contribution in [0.3, 0.4) is 0 Å². The summed E-state index contributed by atoms with van der Waals surface area (Å²) in [7, 11) is 0. The van der Waals surface area contributed by atoms with Crippen LogP contribution in [0.2, 0.25) is 0 Å². The molecule has 2 N–H and O–H groups in total. The molecular formula is C30H38IrNO2-. The van der Waals surface area contributed by atoms with Gasteiger partial charge < -0.3 is 10.2 Å². The number of para-hydroxylation sites is 1. The number of benzene rings is 2. The Bertz CT molecular complexity index is 1060. The van der Waals surface area contributed by atoms with Gasteiger partial charge in [0.15, 0.2) is 0 Å². The number of fused-ring (bicyclic) bond motifs is 2. The summed E-state index contributed by atoms with van der Waals surface area (Å²) in [5, 5.41) is 21.3. The minimum atomic E-state index is -0.239. The summed E-state index contributed by atoms with van der Waals surface area (Å²) >= 11 is 0. The first-order valence-corrected chi connectivity index (χ1v) is 12.6. The van der Waals surface area contributed by atoms with Crippen molar-refractivity contribution in [1.29, 1.82) is 0 Å². The van der Waals surface area contributed by atoms with Crippen molar-refractivity contribution in [2.45, 2.75) is 72.0 Å². The largest absolute Gasteiger partial charge is 0.393 e. The number of aromatic nitrogens is 1. The smallest absolute Gasteiger partial charge is 0.0626 e. The van der Waals surface area contributed by atoms with Crippen LogP contribution in [0.4, 0.5) is 0 Å². The Morgan fingerprint density at radius 3 is 2.41 bits per heavy atom. The number of aliphatic hydroxyl groups is 2. The average molecular weight is 637 g/mol. The Hall–Kier alpha value is -1.58. The molecule has 185 valence electrons. The topological polar surface area (TPSA) is 53.4 Å². The zero-order chi connectivity index (χ0) is 23.5. The van der Waals surface area contributed by atoms with E-state index in [1.165, 1.54) is 10.9 Å². The second-order valence-electron chi connectivity index (χ2n) is 10.1. The van der Waals surface area contributed by atoms with Gasteiger partial charge in [-0.3, -0.25) is 4.98 Å². The van der Waals surface area contributed by atoms with Gasteiger partial charge in [-0.05, 0) is 54.2 Å². The minimum absolute atomic E-state index is 0. The van der Waals surface area contributed by atoms with Crippen molar-refractivity contribution >= 4 is 10.9 Å². The van der Waals surface area contributed by atoms with Gasteiger partial charge in [0.25, 0.3) is 0 Å². The molecule has 5 atom stereocenters. The number of aryl methyl sites for hydroxylation is 2. The first-order valence-electron chi connectivity index (χ1n) is 12.6. The van der Waals surface area contributed by atoms with Crippen molar-refractivity contribution in [3.8, 4) is 11.3 Å². The van der Waals surface area contributed by atoms with Crippen molar-refractivity contribution in [2.75, 3.05) is 0 Å². The Kier molecular flexibility index (Phi) is 9.46. The van der Waals surface area contributed by atoms with Gasteiger partial charge in [0, 0.05) is 26.0 Å². The van der Waals surface area contributed by atoms with Crippen LogP contribution in [0.1, 0.15) is 57.1 Å². The van der Waals surface area contributed by atoms with Gasteiger partial charge in [-0.25, -0.2) is 0 Å². The molecule has 4 heteroatoms. The molecule has 0 aliphatic heterocycles. The van der Waals surface area contributed by atoms with Gasteiger partial charge >= 0.3 is 0 Å². The van der Waals surface area contributed by atoms with E-state index in [0.29, 0.717) is 17.8 Å². The number of hydrogen-bond donors (Lipinski definition) is 2. The second kappa shape index (κ2) is 11.9. The van der Waals surface area contributed by atoms with Gasteiger partial charge in [-0.1, -0.05) is 70.9 Å². The number of hydrogen-bond acceptors (Lipinski definition) is 3. The molecule has 2 aromatic carbocycles. The molecule has 1 radical (unpaired) electrons. The van der Waals surface area contributed by atoms with E-state index in [0.717, 1.165) is 54.4 Å². The zero-order valence-electron chi connectivity index (χ0n) is 20.8. The van der Waals surface area contributed by atoms with Gasteiger partial charge in [-0.2, -0.15) is 0 Å². The molecule has 2 aliphatic rings. The number of nitrogens with zero attached hydrogens (tertiary/aromatic N) is 1. The monoisotopic (exact) mass is 637 g/mol. The van der Waals surface area contributed by atoms with Crippen molar-refractivity contribution in [1.82, 2.24) is 4.98 Å². The quantitative estimate of drug-likeness (QED) is 0.322. The summed E-state index contributed by atoms with van der Waals surface area (Å²) in [6.45, 7) is 8.60. The summed E-state index contributed by atoms with van der Waals surface area (Å²) in [6, 6.07) is 20.0. The third kappa shape index (κ3) is 5.79. The van der Waals surface area contributed by atoms with Crippen LogP contribution in [0.25, 0.3) is 22.2 Å². The molecule has 5 unspecified atom stereocenters. The third-order valence-corrected chi connectivity index (χ3v) is 7.91. The SMILES string of the molecule is CCC(CC)C1CC2CCC(O)C2C1O.Cc1[c-]c(-c2ccc3ccccc3n2)cc(C)c1.[Ir]. The van der Waals surface area contributed by atoms with Gasteiger partial charge in [-0.15, -0.1) is 34.9 Å². The fourth-order valence-electron chi connectivity index (χ4n) is 6.25. The molecule has 5 rings (SSSR count). The van der Waals surface area contributed by atoms with E-state index in [1.54, 1.807) is 0 Å². The van der Waals surface area contributed by atoms with Crippen LogP contribution in [0, 0.1) is 43.6 Å². The molecular weight excluding hydrogens is 599 g/mol. The van der Waals surface area contributed by atoms with Crippen LogP contribution in [-0.2, 0) is 20.1 Å². The molecule has 0 saturated heterocycles. The predicted octanol–water partition coefficient (Wildman–Crippen LogP) is 6.51. The van der Waals surface area contributed by atoms with E-state index in [9.17, 15) is 10.2 Å². The first-order chi connectivity index (χ1) is 15.9. The fraction of sp³-hybridized carbons (Fsp3) is 0.500. The minimum Gasteiger partial charge on any atom is -0.393 e. The maximum absolute atomic E-state index is 10.3. The number of aliphatic hydroxyl groups excluding tert-OH is 2. The average Bonchev–Trinajstić information content (AvgIpc) is 3.34. The van der Waals surface area contributed by atoms with Crippen molar-refractivity contribution in [3.63, 3.8) is 0 Å². The molecule has 2 fully saturated rings. The van der Waals surface area contributed by atoms with Crippen LogP contribution >= 0.6 is 0 Å². The molecule has 2 saturated carbocycles. The van der Waals surface area contributed by atoms with Crippen LogP contribution in [0.15, 0.2) is 48.5 Å². The number of rotatable bonds is 4. The molecule has 1 heterocycles. The summed E-state index contributed by atoms with van der Waals surface area (Å²) in [6.07, 6.45) is 5.03. The summed E-state index contributed by atoms with van der Waals surface area (Å²) in [5.41, 5.74) is 5.48. The Labute approximate surface area is 218 Å². The predicted molar refractivity (Wildman–Crippen MR) is 136 cm³/mol. The Morgan fingerprint density at radius 1 is 1.00 bits per heavy atom. The third-order valence-electron chi connectivity index (χ3n) is 7.91. The molecule has 0 amide bonds. The standard InChI is InChI=1S/C17H14N.C13H24O2.Ir/c1-12-9-13(2)11-15(10-12)17-8-7-14-5-3-4-6-16(14)18-17;1-3-8(4-2)10-7-9-5-6-11(14)12(9)13(10)15;/h3-10H,1-2H3;8-15H,3-7H2,1-2H3;/q-1;;. The normalized spacial score (nSPS) is 25.6. The number of pyridine rings is 1. The first kappa shape index (κ1) is 27.0. The second-order valence-corrected chi connectivity index (χ2v) is 10.1. The van der Waals surface area contributed by atoms with Crippen molar-refractivity contribution < 1.29 is 30.3 Å². The van der Waals surface area contributed by atoms with E-state index in [2.05, 4.69) is 64.1 Å². The van der Waals surface area contributed by atoms with Gasteiger partial charge in [0.05, 0.1) is 17.7 Å². The molecule has 1 aromatic heterocycles. The van der Waals surface area contributed by atoms with E-state index in [1.807, 2.05) is 18.2 Å². The summed E-state index contributed by atoms with van der Waals surface area (Å²) in [4.78, 5) is 4.70. The van der Waals surface area contributed by atoms with E-state index in [-0.39, 0.29) is 38.2 Å². The Morgan fingerprint density at radius 2 is 1.74 bits per heavy atom. The fourth-order valence-corrected chi connectivity index (χ4v) is 6.25. The van der Waals surface area contributed by atoms with E-state index < -0.39 is 0 Å². The Balaban J connectivity index is 0.000000188. The van der Waals surface area contributed by atoms with Gasteiger partial charge in [0.2, 0.25) is 0 Å². The van der Waals surface area contributed by atoms with Crippen LogP contribution in [0.5, 0.6) is 0 Å². The van der Waals surface area contributed by atoms with Crippen molar-refractivity contribution in [2.24, 2.45) is 23.7 Å². The van der Waals surface area contributed by atoms with E-state index >= 15 is 0 Å². The molecule has 0 spiro atoms. The maximum Gasteiger partial charge on any atom is 0.0626 e. The summed E-state index contributed by atoms with van der Waals surface area (Å²) < 4.78 is 0. The zero-order valence-corrected chi connectivity index (χ0v) is 23.2. The van der Waals surface area contributed by atoms with E-state index in [4.69, 9.17) is 4.98 Å². The van der Waals surface area contributed by atoms with Crippen LogP contribution in [-0.4, -0.2) is 27.4 Å². The summed E-state index contributed by atoms with van der Waals surface area (Å²) in [5.74, 6) is 1.89. The molecule has 3 nitrogen and oxygen atoms in total. The van der Waals surface area contributed by atoms with Crippen molar-refractivity contribution in [3.05, 3.63) is 65.7 Å². The maximum atomic E-state index is 10.3. The molecule has 0 bridgehead atoms. The van der Waals surface area contributed by atoms with Crippen LogP contribution < -0.4 is 0 Å².